The summed E-state index contributed by atoms with van der Waals surface area (Å²) in [5, 5.41) is 0. The van der Waals surface area contributed by atoms with Crippen molar-refractivity contribution in [1.82, 2.24) is 0 Å². The number of methoxy groups -OCH3 is 1. The largest absolute Gasteiger partial charge is 0.497 e. The summed E-state index contributed by atoms with van der Waals surface area (Å²) in [4.78, 5) is 0. The molecular weight excluding hydrogens is 176 g/mol. The van der Waals surface area contributed by atoms with Crippen LogP contribution in [0.25, 0.3) is 0 Å². The van der Waals surface area contributed by atoms with E-state index in [0.717, 1.165) is 17.0 Å². The first kappa shape index (κ1) is 9.16. The summed E-state index contributed by atoms with van der Waals surface area (Å²) in [6, 6.07) is 5.54. The Morgan fingerprint density at radius 1 is 1.50 bits per heavy atom. The van der Waals surface area contributed by atoms with E-state index in [-0.39, 0.29) is 0 Å². The Kier molecular flexibility index (Phi) is 3.19. The first-order valence-electron chi connectivity index (χ1n) is 3.50. The molecule has 0 saturated heterocycles. The lowest BCUT2D eigenvalue weighted by Gasteiger charge is -2.06. The predicted octanol–water partition coefficient (Wildman–Crippen LogP) is 1.72. The van der Waals surface area contributed by atoms with E-state index in [4.69, 9.17) is 22.2 Å². The van der Waals surface area contributed by atoms with E-state index in [1.807, 2.05) is 12.1 Å². The normalized spacial score (nSPS) is 9.58. The molecule has 1 aromatic rings. The van der Waals surface area contributed by atoms with E-state index in [1.165, 1.54) is 0 Å². The lowest BCUT2D eigenvalue weighted by atomic mass is 10.2. The van der Waals surface area contributed by atoms with E-state index in [1.54, 1.807) is 13.2 Å². The second-order valence-corrected chi connectivity index (χ2v) is 2.61. The highest BCUT2D eigenvalue weighted by Crippen LogP contribution is 2.20. The molecule has 0 fully saturated rings. The number of benzene rings is 1. The summed E-state index contributed by atoms with van der Waals surface area (Å²) in [7, 11) is 1.60. The van der Waals surface area contributed by atoms with Gasteiger partial charge in [-0.1, -0.05) is 0 Å². The van der Waals surface area contributed by atoms with Gasteiger partial charge in [0.05, 0.1) is 12.8 Å². The van der Waals surface area contributed by atoms with E-state index in [2.05, 4.69) is 5.43 Å². The smallest absolute Gasteiger partial charge is 0.121 e. The van der Waals surface area contributed by atoms with Crippen LogP contribution in [0.4, 0.5) is 5.69 Å². The fraction of sp³-hybridized carbons (Fsp3) is 0.250. The molecule has 1 rings (SSSR count). The van der Waals surface area contributed by atoms with E-state index < -0.39 is 0 Å². The van der Waals surface area contributed by atoms with Gasteiger partial charge in [-0.05, 0) is 17.7 Å². The molecule has 0 radical (unpaired) electrons. The molecule has 0 amide bonds. The first-order chi connectivity index (χ1) is 5.80. The van der Waals surface area contributed by atoms with Crippen molar-refractivity contribution < 1.29 is 4.74 Å². The molecule has 3 nitrogen and oxygen atoms in total. The van der Waals surface area contributed by atoms with Crippen molar-refractivity contribution in [3.63, 3.8) is 0 Å². The Labute approximate surface area is 76.4 Å². The number of rotatable bonds is 3. The standard InChI is InChI=1S/C8H11ClN2O/c1-12-8-3-6(5-9)2-7(4-8)11-10/h2-4,11H,5,10H2,1H3. The maximum atomic E-state index is 5.66. The second-order valence-electron chi connectivity index (χ2n) is 2.35. The fourth-order valence-corrected chi connectivity index (χ4v) is 1.09. The molecule has 0 aliphatic rings. The molecule has 0 heterocycles. The maximum Gasteiger partial charge on any atom is 0.121 e. The quantitative estimate of drug-likeness (QED) is 0.429. The molecule has 0 aromatic heterocycles. The van der Waals surface area contributed by atoms with Crippen molar-refractivity contribution in [3.8, 4) is 5.75 Å². The van der Waals surface area contributed by atoms with E-state index in [9.17, 15) is 0 Å². The maximum absolute atomic E-state index is 5.66. The molecule has 66 valence electrons. The van der Waals surface area contributed by atoms with Crippen LogP contribution in [0.5, 0.6) is 5.75 Å². The van der Waals surface area contributed by atoms with Crippen LogP contribution >= 0.6 is 11.6 Å². The van der Waals surface area contributed by atoms with Gasteiger partial charge in [-0.15, -0.1) is 11.6 Å². The Morgan fingerprint density at radius 3 is 2.75 bits per heavy atom. The topological polar surface area (TPSA) is 47.3 Å². The van der Waals surface area contributed by atoms with Crippen molar-refractivity contribution in [2.24, 2.45) is 5.84 Å². The highest BCUT2D eigenvalue weighted by molar-refractivity contribution is 6.17. The van der Waals surface area contributed by atoms with Gasteiger partial charge in [0.15, 0.2) is 0 Å². The molecule has 0 bridgehead atoms. The number of anilines is 1. The van der Waals surface area contributed by atoms with E-state index >= 15 is 0 Å². The zero-order valence-electron chi connectivity index (χ0n) is 6.80. The number of hydrogen-bond donors (Lipinski definition) is 2. The van der Waals surface area contributed by atoms with Gasteiger partial charge in [-0.3, -0.25) is 5.84 Å². The molecule has 12 heavy (non-hydrogen) atoms. The monoisotopic (exact) mass is 186 g/mol. The zero-order valence-corrected chi connectivity index (χ0v) is 7.56. The van der Waals surface area contributed by atoms with Crippen LogP contribution < -0.4 is 16.0 Å². The zero-order chi connectivity index (χ0) is 8.97. The third-order valence-corrected chi connectivity index (χ3v) is 1.83. The summed E-state index contributed by atoms with van der Waals surface area (Å²) in [5.74, 6) is 6.45. The van der Waals surface area contributed by atoms with Crippen molar-refractivity contribution in [2.45, 2.75) is 5.88 Å². The van der Waals surface area contributed by atoms with Crippen LogP contribution in [-0.4, -0.2) is 7.11 Å². The highest BCUT2D eigenvalue weighted by Gasteiger charge is 1.98. The lowest BCUT2D eigenvalue weighted by molar-refractivity contribution is 0.414. The highest BCUT2D eigenvalue weighted by atomic mass is 35.5. The molecule has 0 aliphatic heterocycles. The second kappa shape index (κ2) is 4.18. The Hall–Kier alpha value is -0.930. The van der Waals surface area contributed by atoms with Gasteiger partial charge < -0.3 is 10.2 Å². The number of hydrazine groups is 1. The summed E-state index contributed by atoms with van der Waals surface area (Å²) >= 11 is 5.66. The SMILES string of the molecule is COc1cc(CCl)cc(NN)c1. The Bertz CT molecular complexity index is 210. The van der Waals surface area contributed by atoms with Gasteiger partial charge in [0, 0.05) is 11.9 Å². The van der Waals surface area contributed by atoms with Crippen molar-refractivity contribution in [3.05, 3.63) is 23.8 Å². The predicted molar refractivity (Wildman–Crippen MR) is 50.4 cm³/mol. The van der Waals surface area contributed by atoms with Crippen LogP contribution in [0.3, 0.4) is 0 Å². The van der Waals surface area contributed by atoms with Gasteiger partial charge in [-0.25, -0.2) is 0 Å². The number of hydrogen-bond acceptors (Lipinski definition) is 3. The third-order valence-electron chi connectivity index (χ3n) is 1.52. The van der Waals surface area contributed by atoms with Gasteiger partial charge >= 0.3 is 0 Å². The van der Waals surface area contributed by atoms with Crippen LogP contribution in [0.1, 0.15) is 5.56 Å². The van der Waals surface area contributed by atoms with Crippen LogP contribution in [-0.2, 0) is 5.88 Å². The minimum atomic E-state index is 0.450. The van der Waals surface area contributed by atoms with Crippen molar-refractivity contribution in [2.75, 3.05) is 12.5 Å². The van der Waals surface area contributed by atoms with Crippen LogP contribution in [0.15, 0.2) is 18.2 Å². The number of nitrogen functional groups attached to an aromatic ring is 1. The number of nitrogens with two attached hydrogens (primary N) is 1. The number of nitrogens with one attached hydrogen (secondary N) is 1. The first-order valence-corrected chi connectivity index (χ1v) is 4.04. The van der Waals surface area contributed by atoms with Crippen LogP contribution in [0, 0.1) is 0 Å². The van der Waals surface area contributed by atoms with E-state index in [0.29, 0.717) is 5.88 Å². The summed E-state index contributed by atoms with van der Waals surface area (Å²) < 4.78 is 5.04. The minimum Gasteiger partial charge on any atom is -0.497 e. The number of halogens is 1. The molecule has 0 atom stereocenters. The molecule has 4 heteroatoms. The average molecular weight is 187 g/mol. The summed E-state index contributed by atoms with van der Waals surface area (Å²) in [6.45, 7) is 0. The summed E-state index contributed by atoms with van der Waals surface area (Å²) in [5.41, 5.74) is 4.31. The molecule has 3 N–H and O–H groups in total. The average Bonchev–Trinajstić information content (AvgIpc) is 2.16. The fourth-order valence-electron chi connectivity index (χ4n) is 0.939. The van der Waals surface area contributed by atoms with Gasteiger partial charge in [-0.2, -0.15) is 0 Å². The molecule has 0 spiro atoms. The molecule has 0 aliphatic carbocycles. The molecule has 0 saturated carbocycles. The van der Waals surface area contributed by atoms with Crippen molar-refractivity contribution >= 4 is 17.3 Å². The third kappa shape index (κ3) is 2.03. The van der Waals surface area contributed by atoms with Gasteiger partial charge in [0.25, 0.3) is 0 Å². The number of alkyl halides is 1. The summed E-state index contributed by atoms with van der Waals surface area (Å²) in [6.07, 6.45) is 0. The Balaban J connectivity index is 3.01. The molecule has 1 aromatic carbocycles. The lowest BCUT2D eigenvalue weighted by Crippen LogP contribution is -2.07. The minimum absolute atomic E-state index is 0.450. The Morgan fingerprint density at radius 2 is 2.25 bits per heavy atom. The van der Waals surface area contributed by atoms with Crippen LogP contribution in [0.2, 0.25) is 0 Å². The number of ether oxygens (including phenoxy) is 1. The molecular formula is C8H11ClN2O. The van der Waals surface area contributed by atoms with Crippen molar-refractivity contribution in [1.29, 1.82) is 0 Å². The van der Waals surface area contributed by atoms with Gasteiger partial charge in [0.1, 0.15) is 5.75 Å². The van der Waals surface area contributed by atoms with Gasteiger partial charge in [0.2, 0.25) is 0 Å². The molecule has 0 unspecified atom stereocenters.